The molecule has 0 atom stereocenters. The Bertz CT molecular complexity index is 529. The normalized spacial score (nSPS) is 32.0. The second-order valence-electron chi connectivity index (χ2n) is 6.40. The molecule has 4 heteroatoms. The molecule has 4 rings (SSSR count). The highest BCUT2D eigenvalue weighted by molar-refractivity contribution is 5.77. The third kappa shape index (κ3) is 1.78. The molecule has 2 bridgehead atoms. The molecule has 1 aromatic carbocycles. The van der Waals surface area contributed by atoms with E-state index < -0.39 is 0 Å². The van der Waals surface area contributed by atoms with E-state index in [1.165, 1.54) is 12.7 Å². The number of anilines is 2. The lowest BCUT2D eigenvalue weighted by Crippen LogP contribution is -2.48. The number of hydrogen-bond donors (Lipinski definition) is 2. The third-order valence-corrected chi connectivity index (χ3v) is 5.56. The lowest BCUT2D eigenvalue weighted by Gasteiger charge is -2.52. The SMILES string of the molecule is COC(=O)C12CCC(c3ccc(N)c(N)c3)(CC1)CC2. The van der Waals surface area contributed by atoms with Gasteiger partial charge in [-0.1, -0.05) is 6.07 Å². The molecule has 0 radical (unpaired) electrons. The van der Waals surface area contributed by atoms with Gasteiger partial charge in [-0.05, 0) is 61.6 Å². The van der Waals surface area contributed by atoms with Crippen LogP contribution < -0.4 is 11.5 Å². The van der Waals surface area contributed by atoms with Gasteiger partial charge in [0.1, 0.15) is 0 Å². The van der Waals surface area contributed by atoms with Crippen molar-refractivity contribution in [1.82, 2.24) is 0 Å². The van der Waals surface area contributed by atoms with Gasteiger partial charge in [-0.25, -0.2) is 0 Å². The number of rotatable bonds is 2. The van der Waals surface area contributed by atoms with Crippen molar-refractivity contribution in [2.24, 2.45) is 5.41 Å². The van der Waals surface area contributed by atoms with Crippen LogP contribution in [0.1, 0.15) is 44.1 Å². The van der Waals surface area contributed by atoms with Crippen molar-refractivity contribution < 1.29 is 9.53 Å². The largest absolute Gasteiger partial charge is 0.469 e. The zero-order chi connectivity index (χ0) is 14.4. The quantitative estimate of drug-likeness (QED) is 0.642. The number of esters is 1. The Kier molecular flexibility index (Phi) is 2.92. The predicted octanol–water partition coefficient (Wildman–Crippen LogP) is 2.62. The van der Waals surface area contributed by atoms with Crippen LogP contribution in [0.4, 0.5) is 11.4 Å². The van der Waals surface area contributed by atoms with Crippen LogP contribution in [0.2, 0.25) is 0 Å². The van der Waals surface area contributed by atoms with Gasteiger partial charge in [0.05, 0.1) is 23.9 Å². The average Bonchev–Trinajstić information content (AvgIpc) is 2.51. The molecule has 0 unspecified atom stereocenters. The Morgan fingerprint density at radius 3 is 2.15 bits per heavy atom. The summed E-state index contributed by atoms with van der Waals surface area (Å²) in [5.41, 5.74) is 14.3. The Balaban J connectivity index is 1.88. The molecule has 0 heterocycles. The molecular weight excluding hydrogens is 252 g/mol. The van der Waals surface area contributed by atoms with Gasteiger partial charge in [0.15, 0.2) is 0 Å². The zero-order valence-electron chi connectivity index (χ0n) is 11.9. The molecule has 3 saturated carbocycles. The van der Waals surface area contributed by atoms with Gasteiger partial charge in [-0.2, -0.15) is 0 Å². The Morgan fingerprint density at radius 1 is 1.05 bits per heavy atom. The first-order valence-corrected chi connectivity index (χ1v) is 7.25. The lowest BCUT2D eigenvalue weighted by atomic mass is 9.52. The van der Waals surface area contributed by atoms with Gasteiger partial charge in [0.2, 0.25) is 0 Å². The highest BCUT2D eigenvalue weighted by Crippen LogP contribution is 2.58. The summed E-state index contributed by atoms with van der Waals surface area (Å²) in [5, 5.41) is 0. The van der Waals surface area contributed by atoms with Crippen LogP contribution >= 0.6 is 0 Å². The number of nitrogen functional groups attached to an aromatic ring is 2. The molecule has 3 aliphatic carbocycles. The van der Waals surface area contributed by atoms with Crippen LogP contribution in [0.3, 0.4) is 0 Å². The lowest BCUT2D eigenvalue weighted by molar-refractivity contribution is -0.160. The van der Waals surface area contributed by atoms with Crippen molar-refractivity contribution in [3.8, 4) is 0 Å². The van der Waals surface area contributed by atoms with E-state index in [9.17, 15) is 4.79 Å². The van der Waals surface area contributed by atoms with Crippen molar-refractivity contribution in [2.45, 2.75) is 43.9 Å². The highest BCUT2D eigenvalue weighted by Gasteiger charge is 2.53. The number of nitrogens with two attached hydrogens (primary N) is 2. The maximum absolute atomic E-state index is 12.0. The fourth-order valence-corrected chi connectivity index (χ4v) is 4.05. The van der Waals surface area contributed by atoms with Gasteiger partial charge in [0.25, 0.3) is 0 Å². The van der Waals surface area contributed by atoms with Gasteiger partial charge >= 0.3 is 5.97 Å². The zero-order valence-corrected chi connectivity index (χ0v) is 11.9. The van der Waals surface area contributed by atoms with E-state index in [0.717, 1.165) is 38.5 Å². The Labute approximate surface area is 119 Å². The molecule has 0 aliphatic heterocycles. The number of methoxy groups -OCH3 is 1. The predicted molar refractivity (Wildman–Crippen MR) is 79.1 cm³/mol. The first-order chi connectivity index (χ1) is 9.51. The van der Waals surface area contributed by atoms with Crippen molar-refractivity contribution in [2.75, 3.05) is 18.6 Å². The number of ether oxygens (including phenoxy) is 1. The fraction of sp³-hybridized carbons (Fsp3) is 0.562. The summed E-state index contributed by atoms with van der Waals surface area (Å²) in [6, 6.07) is 6.02. The molecule has 4 nitrogen and oxygen atoms in total. The number of hydrogen-bond acceptors (Lipinski definition) is 4. The monoisotopic (exact) mass is 274 g/mol. The van der Waals surface area contributed by atoms with E-state index in [0.29, 0.717) is 11.4 Å². The van der Waals surface area contributed by atoms with E-state index in [4.69, 9.17) is 16.2 Å². The van der Waals surface area contributed by atoms with Crippen LogP contribution in [0.15, 0.2) is 18.2 Å². The number of benzene rings is 1. The van der Waals surface area contributed by atoms with Gasteiger partial charge < -0.3 is 16.2 Å². The summed E-state index contributed by atoms with van der Waals surface area (Å²) in [5.74, 6) is -0.0254. The number of carbonyl (C=O) groups is 1. The highest BCUT2D eigenvalue weighted by atomic mass is 16.5. The van der Waals surface area contributed by atoms with Crippen LogP contribution in [0, 0.1) is 5.41 Å². The summed E-state index contributed by atoms with van der Waals surface area (Å²) in [6.07, 6.45) is 5.86. The molecule has 4 N–H and O–H groups in total. The van der Waals surface area contributed by atoms with Crippen LogP contribution in [0.5, 0.6) is 0 Å². The van der Waals surface area contributed by atoms with E-state index in [2.05, 4.69) is 6.07 Å². The van der Waals surface area contributed by atoms with Crippen LogP contribution in [-0.4, -0.2) is 13.1 Å². The molecule has 0 amide bonds. The van der Waals surface area contributed by atoms with Gasteiger partial charge in [-0.3, -0.25) is 4.79 Å². The smallest absolute Gasteiger partial charge is 0.311 e. The minimum Gasteiger partial charge on any atom is -0.469 e. The molecule has 3 aliphatic rings. The molecule has 0 spiro atoms. The van der Waals surface area contributed by atoms with E-state index in [1.807, 2.05) is 12.1 Å². The topological polar surface area (TPSA) is 78.3 Å². The first kappa shape index (κ1) is 13.3. The Hall–Kier alpha value is -1.71. The summed E-state index contributed by atoms with van der Waals surface area (Å²) in [6.45, 7) is 0. The summed E-state index contributed by atoms with van der Waals surface area (Å²) in [7, 11) is 1.49. The third-order valence-electron chi connectivity index (χ3n) is 5.56. The molecule has 108 valence electrons. The second kappa shape index (κ2) is 4.40. The van der Waals surface area contributed by atoms with Crippen LogP contribution in [0.25, 0.3) is 0 Å². The summed E-state index contributed by atoms with van der Waals surface area (Å²) >= 11 is 0. The number of carbonyl (C=O) groups excluding carboxylic acids is 1. The van der Waals surface area contributed by atoms with Crippen LogP contribution in [-0.2, 0) is 14.9 Å². The standard InChI is InChI=1S/C16H22N2O2/c1-20-14(19)16-7-4-15(5-8-16,6-9-16)11-2-3-12(17)13(18)10-11/h2-3,10H,4-9,17-18H2,1H3. The van der Waals surface area contributed by atoms with E-state index in [-0.39, 0.29) is 16.8 Å². The molecule has 3 fully saturated rings. The molecule has 20 heavy (non-hydrogen) atoms. The van der Waals surface area contributed by atoms with Crippen molar-refractivity contribution in [3.05, 3.63) is 23.8 Å². The fourth-order valence-electron chi connectivity index (χ4n) is 4.05. The van der Waals surface area contributed by atoms with Crippen molar-refractivity contribution in [3.63, 3.8) is 0 Å². The van der Waals surface area contributed by atoms with Gasteiger partial charge in [-0.15, -0.1) is 0 Å². The minimum atomic E-state index is -0.226. The van der Waals surface area contributed by atoms with E-state index >= 15 is 0 Å². The summed E-state index contributed by atoms with van der Waals surface area (Å²) in [4.78, 5) is 12.0. The minimum absolute atomic E-state index is 0.0254. The second-order valence-corrected chi connectivity index (χ2v) is 6.40. The van der Waals surface area contributed by atoms with Gasteiger partial charge in [0, 0.05) is 0 Å². The molecule has 0 saturated heterocycles. The summed E-state index contributed by atoms with van der Waals surface area (Å²) < 4.78 is 5.01. The van der Waals surface area contributed by atoms with Crippen molar-refractivity contribution >= 4 is 17.3 Å². The maximum atomic E-state index is 12.0. The Morgan fingerprint density at radius 2 is 1.65 bits per heavy atom. The van der Waals surface area contributed by atoms with Crippen molar-refractivity contribution in [1.29, 1.82) is 0 Å². The number of fused-ring (bicyclic) bond motifs is 3. The molecule has 1 aromatic rings. The average molecular weight is 274 g/mol. The molecular formula is C16H22N2O2. The molecule has 0 aromatic heterocycles. The first-order valence-electron chi connectivity index (χ1n) is 7.25. The maximum Gasteiger partial charge on any atom is 0.311 e. The van der Waals surface area contributed by atoms with E-state index in [1.54, 1.807) is 0 Å².